The number of alkyl halides is 3. The molecular weight excluding hydrogens is 497 g/mol. The number of fused-ring (bicyclic) bond motifs is 1. The fraction of sp³-hybridized carbons (Fsp3) is 0.560. The van der Waals surface area contributed by atoms with Gasteiger partial charge in [-0.15, -0.1) is 11.3 Å². The van der Waals surface area contributed by atoms with Crippen LogP contribution in [0.15, 0.2) is 29.9 Å². The maximum absolute atomic E-state index is 13.0. The molecule has 12 heteroatoms. The van der Waals surface area contributed by atoms with Crippen molar-refractivity contribution in [3.05, 3.63) is 50.8 Å². The molecule has 2 aromatic heterocycles. The fourth-order valence-corrected chi connectivity index (χ4v) is 6.50. The molecule has 0 unspecified atom stereocenters. The van der Waals surface area contributed by atoms with Gasteiger partial charge in [-0.05, 0) is 60.9 Å². The molecule has 0 aromatic carbocycles. The molecule has 1 aliphatic carbocycles. The number of nitrogens with two attached hydrogens (primary N) is 3. The number of aromatic nitrogens is 1. The van der Waals surface area contributed by atoms with Crippen LogP contribution in [0.4, 0.5) is 13.2 Å². The summed E-state index contributed by atoms with van der Waals surface area (Å²) < 4.78 is 44.7. The molecule has 196 valence electrons. The average molecular weight is 529 g/mol. The van der Waals surface area contributed by atoms with Crippen molar-refractivity contribution >= 4 is 38.5 Å². The maximum atomic E-state index is 13.0. The Labute approximate surface area is 221 Å². The molecule has 2 atom stereocenters. The lowest BCUT2D eigenvalue weighted by atomic mass is 9.52. The predicted molar refractivity (Wildman–Crippen MR) is 141 cm³/mol. The van der Waals surface area contributed by atoms with Crippen LogP contribution in [0.5, 0.6) is 0 Å². The highest BCUT2D eigenvalue weighted by atomic mass is 32.1. The van der Waals surface area contributed by atoms with Crippen LogP contribution in [0, 0.1) is 17.8 Å². The van der Waals surface area contributed by atoms with Crippen molar-refractivity contribution in [2.45, 2.75) is 43.6 Å². The Morgan fingerprint density at radius 3 is 2.27 bits per heavy atom. The number of hydrogen-bond donors (Lipinski definition) is 3. The summed E-state index contributed by atoms with van der Waals surface area (Å²) in [4.78, 5) is 6.06. The molecule has 6 N–H and O–H groups in total. The molecule has 0 bridgehead atoms. The fourth-order valence-electron chi connectivity index (χ4n) is 5.72. The first-order valence-electron chi connectivity index (χ1n) is 12.5. The van der Waals surface area contributed by atoms with Crippen molar-refractivity contribution in [3.8, 4) is 0 Å². The summed E-state index contributed by atoms with van der Waals surface area (Å²) >= 11 is 1.20. The topological polar surface area (TPSA) is 103 Å². The molecule has 2 saturated heterocycles. The number of halogens is 3. The first kappa shape index (κ1) is 27.9. The Morgan fingerprint density at radius 2 is 1.68 bits per heavy atom. The van der Waals surface area contributed by atoms with E-state index in [1.54, 1.807) is 11.4 Å². The first-order chi connectivity index (χ1) is 17.5. The molecule has 0 amide bonds. The van der Waals surface area contributed by atoms with Crippen molar-refractivity contribution in [2.75, 3.05) is 26.3 Å². The monoisotopic (exact) mass is 529 g/mol. The Hall–Kier alpha value is -2.17. The SMILES string of the molecule is NC(N)=c1scc/c1=C(/N)c1cnccc1C(F)(F)F.[B]C([B])(C1CCOCC1)N1C[C@H]2CCC[C@H]2C1. The second-order valence-corrected chi connectivity index (χ2v) is 11.0. The third kappa shape index (κ3) is 6.12. The second-order valence-electron chi connectivity index (χ2n) is 10.1. The van der Waals surface area contributed by atoms with Crippen molar-refractivity contribution < 1.29 is 17.9 Å². The number of likely N-dealkylation sites (tertiary alicyclic amines) is 1. The zero-order valence-corrected chi connectivity index (χ0v) is 21.5. The molecule has 4 radical (unpaired) electrons. The summed E-state index contributed by atoms with van der Waals surface area (Å²) in [6.45, 7) is 3.88. The summed E-state index contributed by atoms with van der Waals surface area (Å²) in [6, 6.07) is 2.45. The minimum Gasteiger partial charge on any atom is -0.398 e. The molecule has 4 heterocycles. The average Bonchev–Trinajstić information content (AvgIpc) is 3.61. The van der Waals surface area contributed by atoms with Gasteiger partial charge < -0.3 is 26.8 Å². The van der Waals surface area contributed by atoms with Crippen molar-refractivity contribution in [1.82, 2.24) is 9.88 Å². The van der Waals surface area contributed by atoms with Gasteiger partial charge in [0.1, 0.15) is 5.82 Å². The molecule has 2 aromatic rings. The molecule has 3 aliphatic rings. The minimum atomic E-state index is -4.52. The molecule has 37 heavy (non-hydrogen) atoms. The van der Waals surface area contributed by atoms with E-state index in [4.69, 9.17) is 37.6 Å². The van der Waals surface area contributed by atoms with Gasteiger partial charge in [0.2, 0.25) is 0 Å². The van der Waals surface area contributed by atoms with E-state index in [-0.39, 0.29) is 17.1 Å². The third-order valence-electron chi connectivity index (χ3n) is 7.78. The van der Waals surface area contributed by atoms with E-state index in [2.05, 4.69) is 9.88 Å². The number of thiophene rings is 1. The summed E-state index contributed by atoms with van der Waals surface area (Å²) in [5.41, 5.74) is 15.7. The Balaban J connectivity index is 0.000000175. The highest BCUT2D eigenvalue weighted by molar-refractivity contribution is 7.07. The Kier molecular flexibility index (Phi) is 8.50. The maximum Gasteiger partial charge on any atom is 0.417 e. The largest absolute Gasteiger partial charge is 0.417 e. The van der Waals surface area contributed by atoms with Gasteiger partial charge >= 0.3 is 6.18 Å². The first-order valence-corrected chi connectivity index (χ1v) is 13.4. The van der Waals surface area contributed by atoms with E-state index in [0.29, 0.717) is 15.7 Å². The van der Waals surface area contributed by atoms with Gasteiger partial charge in [-0.2, -0.15) is 13.2 Å². The summed E-state index contributed by atoms with van der Waals surface area (Å²) in [7, 11) is 12.9. The summed E-state index contributed by atoms with van der Waals surface area (Å²) in [6.07, 6.45) is 3.82. The van der Waals surface area contributed by atoms with Gasteiger partial charge in [0.25, 0.3) is 0 Å². The predicted octanol–water partition coefficient (Wildman–Crippen LogP) is 1.40. The lowest BCUT2D eigenvalue weighted by Gasteiger charge is -2.45. The van der Waals surface area contributed by atoms with Gasteiger partial charge in [-0.25, -0.2) is 0 Å². The van der Waals surface area contributed by atoms with Crippen LogP contribution in [0.1, 0.15) is 43.2 Å². The lowest BCUT2D eigenvalue weighted by Crippen LogP contribution is -2.55. The molecule has 1 saturated carbocycles. The number of ether oxygens (including phenoxy) is 1. The van der Waals surface area contributed by atoms with Gasteiger partial charge in [0, 0.05) is 55.2 Å². The summed E-state index contributed by atoms with van der Waals surface area (Å²) in [5, 5.41) is 1.42. The Morgan fingerprint density at radius 1 is 1.03 bits per heavy atom. The van der Waals surface area contributed by atoms with Crippen LogP contribution in [0.2, 0.25) is 0 Å². The molecule has 2 aliphatic heterocycles. The number of hydrogen-bond acceptors (Lipinski definition) is 7. The zero-order chi connectivity index (χ0) is 26.8. The van der Waals surface area contributed by atoms with Crippen LogP contribution in [0.3, 0.4) is 0 Å². The van der Waals surface area contributed by atoms with E-state index < -0.39 is 17.1 Å². The van der Waals surface area contributed by atoms with E-state index in [1.165, 1.54) is 30.6 Å². The smallest absolute Gasteiger partial charge is 0.398 e. The molecule has 5 rings (SSSR count). The van der Waals surface area contributed by atoms with Crippen LogP contribution >= 0.6 is 11.3 Å². The highest BCUT2D eigenvalue weighted by Gasteiger charge is 2.43. The van der Waals surface area contributed by atoms with Crippen molar-refractivity contribution in [3.63, 3.8) is 0 Å². The minimum absolute atomic E-state index is 0.00963. The molecule has 6 nitrogen and oxygen atoms in total. The number of nitrogens with zero attached hydrogens (tertiary/aromatic N) is 2. The van der Waals surface area contributed by atoms with Crippen molar-refractivity contribution in [2.24, 2.45) is 35.0 Å². The van der Waals surface area contributed by atoms with Gasteiger partial charge in [-0.1, -0.05) is 11.8 Å². The zero-order valence-electron chi connectivity index (χ0n) is 20.7. The summed E-state index contributed by atoms with van der Waals surface area (Å²) in [5.74, 6) is 2.13. The van der Waals surface area contributed by atoms with Crippen LogP contribution in [-0.4, -0.2) is 57.2 Å². The molecular formula is C25H32B2F3N5OS. The van der Waals surface area contributed by atoms with E-state index in [9.17, 15) is 13.2 Å². The van der Waals surface area contributed by atoms with Crippen LogP contribution < -0.4 is 27.0 Å². The lowest BCUT2D eigenvalue weighted by molar-refractivity contribution is -0.137. The number of pyridine rings is 1. The van der Waals surface area contributed by atoms with Gasteiger partial charge in [-0.3, -0.25) is 4.98 Å². The third-order valence-corrected chi connectivity index (χ3v) is 8.75. The van der Waals surface area contributed by atoms with E-state index >= 15 is 0 Å². The Bertz CT molecular complexity index is 1180. The standard InChI is InChI=1S/C13H21B2NO.C12H11F3N4S/c14-13(15,12-4-6-17-7-5-12)16-8-10-2-1-3-11(10)9-16;13-12(14,15)8-1-3-19-5-7(8)9(16)6-2-4-20-10(6)11(17)18/h10-12H,1-9H2;1-5H,16-18H2/b;9-6-/t10-,11+;. The highest BCUT2D eigenvalue weighted by Crippen LogP contribution is 2.41. The van der Waals surface area contributed by atoms with Gasteiger partial charge in [0.05, 0.1) is 25.8 Å². The number of rotatable bonds is 3. The molecule has 0 spiro atoms. The second kappa shape index (κ2) is 11.3. The van der Waals surface area contributed by atoms with Gasteiger partial charge in [0.15, 0.2) is 0 Å². The quantitative estimate of drug-likeness (QED) is 0.520. The normalized spacial score (nSPS) is 23.8. The van der Waals surface area contributed by atoms with Crippen LogP contribution in [0.25, 0.3) is 11.5 Å². The van der Waals surface area contributed by atoms with E-state index in [0.717, 1.165) is 69.4 Å². The van der Waals surface area contributed by atoms with E-state index in [1.807, 2.05) is 0 Å². The molecule has 3 fully saturated rings. The van der Waals surface area contributed by atoms with Crippen molar-refractivity contribution in [1.29, 1.82) is 0 Å². The van der Waals surface area contributed by atoms with Crippen LogP contribution in [-0.2, 0) is 10.9 Å².